The summed E-state index contributed by atoms with van der Waals surface area (Å²) in [6.07, 6.45) is 2.96. The van der Waals surface area contributed by atoms with Crippen molar-refractivity contribution in [2.75, 3.05) is 0 Å². The van der Waals surface area contributed by atoms with Crippen LogP contribution in [0.4, 0.5) is 0 Å². The Labute approximate surface area is 132 Å². The fraction of sp³-hybridized carbons (Fsp3) is 0.400. The number of carbonyl (C=O) groups excluding carboxylic acids is 1. The molecule has 118 valence electrons. The molecule has 1 unspecified atom stereocenters. The SMILES string of the molecule is CC(C)C(C)(CC(=O)O)NC(=O)c1csc(-c2ccoc2)n1. The van der Waals surface area contributed by atoms with E-state index in [-0.39, 0.29) is 23.9 Å². The topological polar surface area (TPSA) is 92.4 Å². The third-order valence-corrected chi connectivity index (χ3v) is 4.59. The second kappa shape index (κ2) is 6.31. The highest BCUT2D eigenvalue weighted by Gasteiger charge is 2.33. The molecule has 1 amide bonds. The van der Waals surface area contributed by atoms with Crippen LogP contribution in [-0.4, -0.2) is 27.5 Å². The van der Waals surface area contributed by atoms with Gasteiger partial charge in [0.05, 0.1) is 18.2 Å². The number of hydrogen-bond donors (Lipinski definition) is 2. The van der Waals surface area contributed by atoms with Gasteiger partial charge in [-0.15, -0.1) is 11.3 Å². The fourth-order valence-corrected chi connectivity index (χ4v) is 2.71. The van der Waals surface area contributed by atoms with Crippen LogP contribution in [0.5, 0.6) is 0 Å². The Bertz CT molecular complexity index is 663. The van der Waals surface area contributed by atoms with Crippen LogP contribution in [0, 0.1) is 5.92 Å². The van der Waals surface area contributed by atoms with Crippen molar-refractivity contribution in [3.05, 3.63) is 29.7 Å². The lowest BCUT2D eigenvalue weighted by Gasteiger charge is -2.33. The lowest BCUT2D eigenvalue weighted by Crippen LogP contribution is -2.51. The number of hydrogen-bond acceptors (Lipinski definition) is 5. The van der Waals surface area contributed by atoms with Gasteiger partial charge in [0, 0.05) is 10.9 Å². The van der Waals surface area contributed by atoms with Crippen molar-refractivity contribution in [3.8, 4) is 10.6 Å². The molecule has 6 nitrogen and oxygen atoms in total. The zero-order chi connectivity index (χ0) is 16.3. The first-order valence-electron chi connectivity index (χ1n) is 6.84. The molecule has 2 rings (SSSR count). The molecule has 22 heavy (non-hydrogen) atoms. The first-order valence-corrected chi connectivity index (χ1v) is 7.72. The number of aromatic nitrogens is 1. The number of furan rings is 1. The average molecular weight is 322 g/mol. The van der Waals surface area contributed by atoms with E-state index in [4.69, 9.17) is 9.52 Å². The number of nitrogens with zero attached hydrogens (tertiary/aromatic N) is 1. The summed E-state index contributed by atoms with van der Waals surface area (Å²) in [6.45, 7) is 5.48. The van der Waals surface area contributed by atoms with Gasteiger partial charge in [0.2, 0.25) is 0 Å². The van der Waals surface area contributed by atoms with Gasteiger partial charge >= 0.3 is 5.97 Å². The van der Waals surface area contributed by atoms with E-state index in [9.17, 15) is 9.59 Å². The van der Waals surface area contributed by atoms with Crippen LogP contribution in [0.15, 0.2) is 28.4 Å². The third-order valence-electron chi connectivity index (χ3n) is 3.70. The van der Waals surface area contributed by atoms with E-state index in [0.29, 0.717) is 5.01 Å². The standard InChI is InChI=1S/C15H18N2O4S/c1-9(2)15(3,6-12(18)19)17-13(20)11-8-22-14(16-11)10-4-5-21-7-10/h4-5,7-9H,6H2,1-3H3,(H,17,20)(H,18,19). The quantitative estimate of drug-likeness (QED) is 0.853. The van der Waals surface area contributed by atoms with Crippen molar-refractivity contribution in [1.29, 1.82) is 0 Å². The van der Waals surface area contributed by atoms with Crippen LogP contribution in [0.3, 0.4) is 0 Å². The van der Waals surface area contributed by atoms with Crippen molar-refractivity contribution in [1.82, 2.24) is 10.3 Å². The molecule has 0 aliphatic carbocycles. The minimum Gasteiger partial charge on any atom is -0.481 e. The van der Waals surface area contributed by atoms with Gasteiger partial charge < -0.3 is 14.8 Å². The summed E-state index contributed by atoms with van der Waals surface area (Å²) in [5.74, 6) is -1.35. The molecule has 0 saturated heterocycles. The van der Waals surface area contributed by atoms with Crippen molar-refractivity contribution in [2.24, 2.45) is 5.92 Å². The molecule has 7 heteroatoms. The molecule has 2 N–H and O–H groups in total. The van der Waals surface area contributed by atoms with Gasteiger partial charge in [-0.1, -0.05) is 13.8 Å². The molecule has 0 aromatic carbocycles. The van der Waals surface area contributed by atoms with Gasteiger partial charge in [0.15, 0.2) is 0 Å². The number of carbonyl (C=O) groups is 2. The predicted molar refractivity (Wildman–Crippen MR) is 82.8 cm³/mol. The van der Waals surface area contributed by atoms with Gasteiger partial charge in [0.25, 0.3) is 5.91 Å². The summed E-state index contributed by atoms with van der Waals surface area (Å²) in [5.41, 5.74) is 0.252. The predicted octanol–water partition coefficient (Wildman–Crippen LogP) is 3.02. The van der Waals surface area contributed by atoms with Gasteiger partial charge in [0.1, 0.15) is 17.0 Å². The maximum atomic E-state index is 12.3. The largest absolute Gasteiger partial charge is 0.481 e. The summed E-state index contributed by atoms with van der Waals surface area (Å²) >= 11 is 1.34. The number of thiazole rings is 1. The third kappa shape index (κ3) is 3.54. The number of amides is 1. The van der Waals surface area contributed by atoms with Gasteiger partial charge in [-0.3, -0.25) is 9.59 Å². The van der Waals surface area contributed by atoms with Crippen molar-refractivity contribution >= 4 is 23.2 Å². The lowest BCUT2D eigenvalue weighted by atomic mass is 9.85. The molecule has 0 saturated carbocycles. The summed E-state index contributed by atoms with van der Waals surface area (Å²) in [7, 11) is 0. The van der Waals surface area contributed by atoms with Crippen molar-refractivity contribution < 1.29 is 19.1 Å². The smallest absolute Gasteiger partial charge is 0.305 e. The molecule has 1 atom stereocenters. The van der Waals surface area contributed by atoms with Crippen LogP contribution in [-0.2, 0) is 4.79 Å². The number of rotatable bonds is 6. The van der Waals surface area contributed by atoms with E-state index < -0.39 is 11.5 Å². The zero-order valence-corrected chi connectivity index (χ0v) is 13.4. The van der Waals surface area contributed by atoms with Crippen LogP contribution in [0.25, 0.3) is 10.6 Å². The van der Waals surface area contributed by atoms with E-state index in [0.717, 1.165) is 5.56 Å². The number of carboxylic acids is 1. The second-order valence-corrected chi connectivity index (χ2v) is 6.50. The van der Waals surface area contributed by atoms with E-state index in [1.54, 1.807) is 30.9 Å². The maximum absolute atomic E-state index is 12.3. The monoisotopic (exact) mass is 322 g/mol. The number of aliphatic carboxylic acids is 1. The maximum Gasteiger partial charge on any atom is 0.305 e. The van der Waals surface area contributed by atoms with Crippen LogP contribution in [0.2, 0.25) is 0 Å². The molecule has 0 aliphatic rings. The van der Waals surface area contributed by atoms with Gasteiger partial charge in [-0.25, -0.2) is 4.98 Å². The molecular formula is C15H18N2O4S. The zero-order valence-electron chi connectivity index (χ0n) is 12.6. The molecule has 2 aromatic rings. The lowest BCUT2D eigenvalue weighted by molar-refractivity contribution is -0.138. The van der Waals surface area contributed by atoms with Crippen molar-refractivity contribution in [2.45, 2.75) is 32.7 Å². The summed E-state index contributed by atoms with van der Waals surface area (Å²) in [6, 6.07) is 1.77. The minimum atomic E-state index is -0.950. The van der Waals surface area contributed by atoms with Gasteiger partial charge in [-0.2, -0.15) is 0 Å². The molecule has 0 radical (unpaired) electrons. The number of carboxylic acid groups (broad SMARTS) is 1. The molecule has 0 fully saturated rings. The highest BCUT2D eigenvalue weighted by atomic mass is 32.1. The normalized spacial score (nSPS) is 13.8. The van der Waals surface area contributed by atoms with Crippen molar-refractivity contribution in [3.63, 3.8) is 0 Å². The van der Waals surface area contributed by atoms with Crippen LogP contribution in [0.1, 0.15) is 37.7 Å². The van der Waals surface area contributed by atoms with E-state index >= 15 is 0 Å². The summed E-state index contributed by atoms with van der Waals surface area (Å²) < 4.78 is 5.00. The van der Waals surface area contributed by atoms with Crippen LogP contribution >= 0.6 is 11.3 Å². The van der Waals surface area contributed by atoms with E-state index in [1.807, 2.05) is 13.8 Å². The molecule has 0 bridgehead atoms. The number of nitrogens with one attached hydrogen (secondary N) is 1. The minimum absolute atomic E-state index is 0.0282. The first-order chi connectivity index (χ1) is 10.3. The summed E-state index contributed by atoms with van der Waals surface area (Å²) in [4.78, 5) is 27.6. The fourth-order valence-electron chi connectivity index (χ4n) is 1.93. The molecule has 2 heterocycles. The average Bonchev–Trinajstić information content (AvgIpc) is 3.08. The molecule has 0 aliphatic heterocycles. The Morgan fingerprint density at radius 3 is 2.77 bits per heavy atom. The molecule has 2 aromatic heterocycles. The molecule has 0 spiro atoms. The Balaban J connectivity index is 2.16. The molecular weight excluding hydrogens is 304 g/mol. The highest BCUT2D eigenvalue weighted by Crippen LogP contribution is 2.25. The Morgan fingerprint density at radius 2 is 2.23 bits per heavy atom. The Hall–Kier alpha value is -2.15. The van der Waals surface area contributed by atoms with Crippen LogP contribution < -0.4 is 5.32 Å². The van der Waals surface area contributed by atoms with E-state index in [2.05, 4.69) is 10.3 Å². The summed E-state index contributed by atoms with van der Waals surface area (Å²) in [5, 5.41) is 14.2. The second-order valence-electron chi connectivity index (χ2n) is 5.65. The Kier molecular flexibility index (Phi) is 4.65. The van der Waals surface area contributed by atoms with E-state index in [1.165, 1.54) is 11.3 Å². The first kappa shape index (κ1) is 16.2. The highest BCUT2D eigenvalue weighted by molar-refractivity contribution is 7.13. The Morgan fingerprint density at radius 1 is 1.50 bits per heavy atom. The van der Waals surface area contributed by atoms with Gasteiger partial charge in [-0.05, 0) is 18.9 Å².